The lowest BCUT2D eigenvalue weighted by Crippen LogP contribution is -2.53. The van der Waals surface area contributed by atoms with Crippen LogP contribution in [0.2, 0.25) is 0 Å². The number of aliphatic imine (C=N–C) groups is 1. The first-order valence-corrected chi connectivity index (χ1v) is 9.05. The summed E-state index contributed by atoms with van der Waals surface area (Å²) in [5.74, 6) is 0.634. The Bertz CT molecular complexity index is 602. The van der Waals surface area contributed by atoms with Crippen molar-refractivity contribution in [2.75, 3.05) is 33.4 Å². The highest BCUT2D eigenvalue weighted by atomic mass is 32.1. The van der Waals surface area contributed by atoms with E-state index < -0.39 is 11.9 Å². The van der Waals surface area contributed by atoms with Crippen molar-refractivity contribution in [1.82, 2.24) is 15.2 Å². The van der Waals surface area contributed by atoms with Gasteiger partial charge >= 0.3 is 6.18 Å². The van der Waals surface area contributed by atoms with Gasteiger partial charge in [0, 0.05) is 32.1 Å². The number of halogens is 3. The second-order valence-corrected chi connectivity index (χ2v) is 6.87. The molecule has 0 radical (unpaired) electrons. The molecule has 2 saturated heterocycles. The van der Waals surface area contributed by atoms with Gasteiger partial charge in [-0.25, -0.2) is 4.98 Å². The second kappa shape index (κ2) is 7.88. The number of hydrogen-bond donors (Lipinski definition) is 1. The van der Waals surface area contributed by atoms with Crippen molar-refractivity contribution in [1.29, 1.82) is 0 Å². The number of hydrogen-bond acceptors (Lipinski definition) is 5. The number of nitrogens with one attached hydrogen (secondary N) is 1. The summed E-state index contributed by atoms with van der Waals surface area (Å²) in [5.41, 5.74) is -0.853. The molecule has 2 atom stereocenters. The fraction of sp³-hybridized carbons (Fsp3) is 0.733. The van der Waals surface area contributed by atoms with Gasteiger partial charge in [-0.1, -0.05) is 0 Å². The van der Waals surface area contributed by atoms with Crippen LogP contribution in [0.25, 0.3) is 0 Å². The zero-order valence-corrected chi connectivity index (χ0v) is 14.7. The molecule has 6 nitrogen and oxygen atoms in total. The lowest BCUT2D eigenvalue weighted by atomic mass is 10.1. The third-order valence-corrected chi connectivity index (χ3v) is 5.07. The van der Waals surface area contributed by atoms with Crippen LogP contribution in [0.4, 0.5) is 13.2 Å². The summed E-state index contributed by atoms with van der Waals surface area (Å²) in [6, 6.07) is 0. The first-order chi connectivity index (χ1) is 12.0. The van der Waals surface area contributed by atoms with Gasteiger partial charge in [-0.3, -0.25) is 4.99 Å². The zero-order valence-electron chi connectivity index (χ0n) is 13.9. The molecule has 3 rings (SSSR count). The van der Waals surface area contributed by atoms with Crippen molar-refractivity contribution < 1.29 is 22.6 Å². The molecule has 140 valence electrons. The molecule has 2 aliphatic rings. The Labute approximate surface area is 148 Å². The quantitative estimate of drug-likeness (QED) is 0.645. The second-order valence-electron chi connectivity index (χ2n) is 5.93. The van der Waals surface area contributed by atoms with Gasteiger partial charge in [0.1, 0.15) is 11.1 Å². The smallest absolute Gasteiger partial charge is 0.375 e. The van der Waals surface area contributed by atoms with E-state index >= 15 is 0 Å². The van der Waals surface area contributed by atoms with Gasteiger partial charge in [-0.2, -0.15) is 13.2 Å². The Kier molecular flexibility index (Phi) is 5.80. The van der Waals surface area contributed by atoms with E-state index in [1.165, 1.54) is 0 Å². The lowest BCUT2D eigenvalue weighted by Gasteiger charge is -2.37. The topological polar surface area (TPSA) is 59.0 Å². The highest BCUT2D eigenvalue weighted by molar-refractivity contribution is 7.09. The first-order valence-electron chi connectivity index (χ1n) is 8.18. The molecule has 2 unspecified atom stereocenters. The number of ether oxygens (including phenoxy) is 2. The van der Waals surface area contributed by atoms with Crippen molar-refractivity contribution in [2.24, 2.45) is 4.99 Å². The molecule has 3 heterocycles. The molecular formula is C15H21F3N4O2S. The molecule has 25 heavy (non-hydrogen) atoms. The Morgan fingerprint density at radius 3 is 2.84 bits per heavy atom. The maximum Gasteiger partial charge on any atom is 0.434 e. The van der Waals surface area contributed by atoms with Crippen molar-refractivity contribution in [2.45, 2.75) is 37.8 Å². The Morgan fingerprint density at radius 1 is 1.40 bits per heavy atom. The standard InChI is InChI=1S/C15H21F3N4O2S/c1-19-14(20-7-13-21-12(9-25-13)15(16,17)18)22-4-6-24-11(8-22)10-3-2-5-23-10/h9-11H,2-8H2,1H3,(H,19,20). The van der Waals surface area contributed by atoms with Crippen LogP contribution >= 0.6 is 11.3 Å². The fourth-order valence-corrected chi connectivity index (χ4v) is 3.74. The first kappa shape index (κ1) is 18.4. The van der Waals surface area contributed by atoms with E-state index in [9.17, 15) is 13.2 Å². The fourth-order valence-electron chi connectivity index (χ4n) is 3.00. The summed E-state index contributed by atoms with van der Waals surface area (Å²) in [6.45, 7) is 2.86. The van der Waals surface area contributed by atoms with Crippen LogP contribution < -0.4 is 5.32 Å². The van der Waals surface area contributed by atoms with Gasteiger partial charge in [0.15, 0.2) is 11.7 Å². The van der Waals surface area contributed by atoms with Crippen molar-refractivity contribution in [3.8, 4) is 0 Å². The molecule has 0 spiro atoms. The Hall–Kier alpha value is -1.39. The van der Waals surface area contributed by atoms with E-state index in [1.54, 1.807) is 7.05 Å². The lowest BCUT2D eigenvalue weighted by molar-refractivity contribution is -0.140. The molecule has 10 heteroatoms. The molecule has 1 aromatic heterocycles. The summed E-state index contributed by atoms with van der Waals surface area (Å²) >= 11 is 0.985. The predicted octanol–water partition coefficient (Wildman–Crippen LogP) is 2.12. The van der Waals surface area contributed by atoms with E-state index in [2.05, 4.69) is 15.3 Å². The van der Waals surface area contributed by atoms with Gasteiger partial charge in [-0.15, -0.1) is 11.3 Å². The largest absolute Gasteiger partial charge is 0.434 e. The summed E-state index contributed by atoms with van der Waals surface area (Å²) in [5, 5.41) is 4.49. The van der Waals surface area contributed by atoms with Crippen LogP contribution in [0.15, 0.2) is 10.4 Å². The maximum atomic E-state index is 12.6. The number of morpholine rings is 1. The molecule has 0 amide bonds. The molecule has 0 saturated carbocycles. The summed E-state index contributed by atoms with van der Waals surface area (Å²) in [4.78, 5) is 9.91. The van der Waals surface area contributed by atoms with Crippen molar-refractivity contribution in [3.63, 3.8) is 0 Å². The van der Waals surface area contributed by atoms with Crippen LogP contribution in [-0.4, -0.2) is 61.4 Å². The Balaban J connectivity index is 1.56. The molecule has 2 aliphatic heterocycles. The van der Waals surface area contributed by atoms with E-state index in [1.807, 2.05) is 4.90 Å². The van der Waals surface area contributed by atoms with Crippen molar-refractivity contribution >= 4 is 17.3 Å². The highest BCUT2D eigenvalue weighted by Crippen LogP contribution is 2.30. The third kappa shape index (κ3) is 4.62. The molecular weight excluding hydrogens is 357 g/mol. The average molecular weight is 378 g/mol. The SMILES string of the molecule is CN=C(NCc1nc(C(F)(F)F)cs1)N1CCOC(C2CCCO2)C1. The molecule has 2 fully saturated rings. The minimum absolute atomic E-state index is 0.00788. The van der Waals surface area contributed by atoms with Gasteiger partial charge in [0.05, 0.1) is 19.3 Å². The third-order valence-electron chi connectivity index (χ3n) is 4.22. The highest BCUT2D eigenvalue weighted by Gasteiger charge is 2.34. The number of rotatable bonds is 3. The molecule has 0 aromatic carbocycles. The van der Waals surface area contributed by atoms with Gasteiger partial charge in [0.25, 0.3) is 0 Å². The monoisotopic (exact) mass is 378 g/mol. The summed E-state index contributed by atoms with van der Waals surface area (Å²) in [7, 11) is 1.65. The Morgan fingerprint density at radius 2 is 2.20 bits per heavy atom. The zero-order chi connectivity index (χ0) is 17.9. The van der Waals surface area contributed by atoms with E-state index in [4.69, 9.17) is 9.47 Å². The number of thiazole rings is 1. The molecule has 1 aromatic rings. The normalized spacial score (nSPS) is 25.4. The summed E-state index contributed by atoms with van der Waals surface area (Å²) < 4.78 is 49.3. The van der Waals surface area contributed by atoms with Gasteiger partial charge in [0.2, 0.25) is 0 Å². The van der Waals surface area contributed by atoms with Crippen molar-refractivity contribution in [3.05, 3.63) is 16.1 Å². The van der Waals surface area contributed by atoms with Gasteiger partial charge < -0.3 is 19.7 Å². The van der Waals surface area contributed by atoms with Crippen LogP contribution in [0, 0.1) is 0 Å². The van der Waals surface area contributed by atoms with Crippen LogP contribution in [-0.2, 0) is 22.2 Å². The van der Waals surface area contributed by atoms with Crippen LogP contribution in [0.1, 0.15) is 23.5 Å². The van der Waals surface area contributed by atoms with E-state index in [0.29, 0.717) is 30.7 Å². The van der Waals surface area contributed by atoms with Crippen LogP contribution in [0.3, 0.4) is 0 Å². The number of alkyl halides is 3. The predicted molar refractivity (Wildman–Crippen MR) is 87.6 cm³/mol. The average Bonchev–Trinajstić information content (AvgIpc) is 3.27. The van der Waals surface area contributed by atoms with Crippen LogP contribution in [0.5, 0.6) is 0 Å². The minimum Gasteiger partial charge on any atom is -0.375 e. The number of guanidine groups is 1. The number of aromatic nitrogens is 1. The summed E-state index contributed by atoms with van der Waals surface area (Å²) in [6.07, 6.45) is -2.28. The number of nitrogens with zero attached hydrogens (tertiary/aromatic N) is 3. The maximum absolute atomic E-state index is 12.6. The minimum atomic E-state index is -4.41. The van der Waals surface area contributed by atoms with E-state index in [0.717, 1.165) is 36.2 Å². The molecule has 1 N–H and O–H groups in total. The van der Waals surface area contributed by atoms with Gasteiger partial charge in [-0.05, 0) is 12.8 Å². The molecule has 0 aliphatic carbocycles. The van der Waals surface area contributed by atoms with E-state index in [-0.39, 0.29) is 18.8 Å². The molecule has 0 bridgehead atoms.